The maximum absolute atomic E-state index is 13.5. The van der Waals surface area contributed by atoms with E-state index in [1.807, 2.05) is 0 Å². The molecular formula is C21H28O. The molecule has 0 bridgehead atoms. The van der Waals surface area contributed by atoms with Crippen molar-refractivity contribution in [1.29, 1.82) is 0 Å². The SMILES string of the molecule is O=C1c2ccccc2[C@@H]2CCCC[C@]12C1CCCCCCC1. The molecule has 2 saturated carbocycles. The van der Waals surface area contributed by atoms with Crippen LogP contribution < -0.4 is 0 Å². The Labute approximate surface area is 134 Å². The van der Waals surface area contributed by atoms with Crippen LogP contribution in [-0.2, 0) is 0 Å². The van der Waals surface area contributed by atoms with Crippen molar-refractivity contribution in [2.24, 2.45) is 11.3 Å². The first kappa shape index (κ1) is 14.5. The van der Waals surface area contributed by atoms with Gasteiger partial charge in [-0.15, -0.1) is 0 Å². The number of benzene rings is 1. The van der Waals surface area contributed by atoms with Crippen LogP contribution in [0.15, 0.2) is 24.3 Å². The molecule has 0 unspecified atom stereocenters. The molecule has 0 N–H and O–H groups in total. The van der Waals surface area contributed by atoms with Crippen LogP contribution in [0.2, 0.25) is 0 Å². The van der Waals surface area contributed by atoms with Crippen LogP contribution in [-0.4, -0.2) is 5.78 Å². The van der Waals surface area contributed by atoms with Crippen LogP contribution in [0.4, 0.5) is 0 Å². The highest BCUT2D eigenvalue weighted by molar-refractivity contribution is 6.06. The van der Waals surface area contributed by atoms with Crippen molar-refractivity contribution in [1.82, 2.24) is 0 Å². The average molecular weight is 296 g/mol. The Morgan fingerprint density at radius 1 is 0.818 bits per heavy atom. The normalized spacial score (nSPS) is 32.9. The smallest absolute Gasteiger partial charge is 0.170 e. The Bertz CT molecular complexity index is 553. The van der Waals surface area contributed by atoms with Crippen molar-refractivity contribution in [2.45, 2.75) is 76.5 Å². The summed E-state index contributed by atoms with van der Waals surface area (Å²) in [4.78, 5) is 13.5. The molecule has 4 rings (SSSR count). The summed E-state index contributed by atoms with van der Waals surface area (Å²) >= 11 is 0. The fraction of sp³-hybridized carbons (Fsp3) is 0.667. The fourth-order valence-electron chi connectivity index (χ4n) is 5.81. The van der Waals surface area contributed by atoms with Gasteiger partial charge >= 0.3 is 0 Å². The molecular weight excluding hydrogens is 268 g/mol. The molecule has 1 aromatic carbocycles. The summed E-state index contributed by atoms with van der Waals surface area (Å²) in [6.45, 7) is 0. The average Bonchev–Trinajstić information content (AvgIpc) is 2.78. The van der Waals surface area contributed by atoms with E-state index in [1.165, 1.54) is 69.8 Å². The molecule has 3 aliphatic rings. The largest absolute Gasteiger partial charge is 0.294 e. The lowest BCUT2D eigenvalue weighted by molar-refractivity contribution is 0.0429. The summed E-state index contributed by atoms with van der Waals surface area (Å²) in [6.07, 6.45) is 14.3. The fourth-order valence-corrected chi connectivity index (χ4v) is 5.81. The third-order valence-electron chi connectivity index (χ3n) is 6.79. The lowest BCUT2D eigenvalue weighted by Crippen LogP contribution is -2.41. The molecule has 118 valence electrons. The van der Waals surface area contributed by atoms with E-state index in [0.29, 0.717) is 17.6 Å². The molecule has 0 heterocycles. The molecule has 1 aromatic rings. The molecule has 1 heteroatoms. The molecule has 0 aromatic heterocycles. The van der Waals surface area contributed by atoms with Gasteiger partial charge in [0.15, 0.2) is 5.78 Å². The third kappa shape index (κ3) is 2.08. The molecule has 2 atom stereocenters. The van der Waals surface area contributed by atoms with Crippen LogP contribution in [0.25, 0.3) is 0 Å². The molecule has 22 heavy (non-hydrogen) atoms. The highest BCUT2D eigenvalue weighted by Gasteiger charge is 2.56. The maximum Gasteiger partial charge on any atom is 0.170 e. The summed E-state index contributed by atoms with van der Waals surface area (Å²) in [5, 5.41) is 0. The quantitative estimate of drug-likeness (QED) is 0.631. The zero-order valence-corrected chi connectivity index (χ0v) is 13.7. The molecule has 1 nitrogen and oxygen atoms in total. The minimum Gasteiger partial charge on any atom is -0.294 e. The molecule has 0 amide bonds. The summed E-state index contributed by atoms with van der Waals surface area (Å²) in [6, 6.07) is 8.53. The van der Waals surface area contributed by atoms with Gasteiger partial charge in [-0.05, 0) is 43.1 Å². The monoisotopic (exact) mass is 296 g/mol. The molecule has 3 aliphatic carbocycles. The lowest BCUT2D eigenvalue weighted by Gasteiger charge is -2.45. The number of carbonyl (C=O) groups is 1. The van der Waals surface area contributed by atoms with E-state index in [4.69, 9.17) is 0 Å². The van der Waals surface area contributed by atoms with E-state index in [2.05, 4.69) is 24.3 Å². The van der Waals surface area contributed by atoms with E-state index in [9.17, 15) is 4.79 Å². The molecule has 0 radical (unpaired) electrons. The Balaban J connectivity index is 1.75. The van der Waals surface area contributed by atoms with Crippen LogP contribution in [0, 0.1) is 11.3 Å². The molecule has 2 fully saturated rings. The van der Waals surface area contributed by atoms with Gasteiger partial charge in [-0.25, -0.2) is 0 Å². The first-order valence-electron chi connectivity index (χ1n) is 9.48. The summed E-state index contributed by atoms with van der Waals surface area (Å²) < 4.78 is 0. The predicted molar refractivity (Wildman–Crippen MR) is 90.2 cm³/mol. The predicted octanol–water partition coefficient (Wildman–Crippen LogP) is 5.89. The van der Waals surface area contributed by atoms with Gasteiger partial charge in [-0.1, -0.05) is 69.2 Å². The summed E-state index contributed by atoms with van der Waals surface area (Å²) in [7, 11) is 0. The number of hydrogen-bond acceptors (Lipinski definition) is 1. The third-order valence-corrected chi connectivity index (χ3v) is 6.79. The Morgan fingerprint density at radius 3 is 2.32 bits per heavy atom. The second kappa shape index (κ2) is 5.83. The van der Waals surface area contributed by atoms with Crippen LogP contribution in [0.1, 0.15) is 92.5 Å². The summed E-state index contributed by atoms with van der Waals surface area (Å²) in [5.74, 6) is 1.67. The van der Waals surface area contributed by atoms with Gasteiger partial charge in [-0.2, -0.15) is 0 Å². The lowest BCUT2D eigenvalue weighted by atomic mass is 9.57. The highest BCUT2D eigenvalue weighted by atomic mass is 16.1. The van der Waals surface area contributed by atoms with Crippen LogP contribution in [0.5, 0.6) is 0 Å². The number of hydrogen-bond donors (Lipinski definition) is 0. The zero-order chi connectivity index (χ0) is 15.0. The Kier molecular flexibility index (Phi) is 3.84. The minimum atomic E-state index is -0.0285. The minimum absolute atomic E-state index is 0.0285. The first-order valence-corrected chi connectivity index (χ1v) is 9.48. The van der Waals surface area contributed by atoms with Gasteiger partial charge in [0.25, 0.3) is 0 Å². The van der Waals surface area contributed by atoms with E-state index in [0.717, 1.165) is 12.0 Å². The van der Waals surface area contributed by atoms with Gasteiger partial charge in [-0.3, -0.25) is 4.79 Å². The van der Waals surface area contributed by atoms with Gasteiger partial charge in [0.05, 0.1) is 0 Å². The van der Waals surface area contributed by atoms with Crippen molar-refractivity contribution in [3.63, 3.8) is 0 Å². The number of fused-ring (bicyclic) bond motifs is 3. The number of ketones is 1. The summed E-state index contributed by atoms with van der Waals surface area (Å²) in [5.41, 5.74) is 2.42. The zero-order valence-electron chi connectivity index (χ0n) is 13.7. The van der Waals surface area contributed by atoms with Gasteiger partial charge in [0.1, 0.15) is 0 Å². The maximum atomic E-state index is 13.5. The van der Waals surface area contributed by atoms with Crippen LogP contribution in [0.3, 0.4) is 0 Å². The van der Waals surface area contributed by atoms with Crippen molar-refractivity contribution in [3.8, 4) is 0 Å². The van der Waals surface area contributed by atoms with Gasteiger partial charge in [0, 0.05) is 11.0 Å². The van der Waals surface area contributed by atoms with Crippen molar-refractivity contribution in [3.05, 3.63) is 35.4 Å². The van der Waals surface area contributed by atoms with Crippen LogP contribution >= 0.6 is 0 Å². The van der Waals surface area contributed by atoms with Gasteiger partial charge in [0.2, 0.25) is 0 Å². The standard InChI is InChI=1S/C21H28O/c22-20-18-13-7-6-12-17(18)19-14-8-9-15-21(19,20)16-10-4-2-1-3-5-11-16/h6-7,12-13,16,19H,1-5,8-11,14-15H2/t19-,21+/m0/s1. The molecule has 0 aliphatic heterocycles. The highest BCUT2D eigenvalue weighted by Crippen LogP contribution is 2.61. The van der Waals surface area contributed by atoms with Crippen molar-refractivity contribution < 1.29 is 4.79 Å². The second-order valence-corrected chi connectivity index (χ2v) is 7.80. The Morgan fingerprint density at radius 2 is 1.50 bits per heavy atom. The van der Waals surface area contributed by atoms with Crippen molar-refractivity contribution in [2.75, 3.05) is 0 Å². The first-order chi connectivity index (χ1) is 10.8. The van der Waals surface area contributed by atoms with E-state index in [1.54, 1.807) is 0 Å². The van der Waals surface area contributed by atoms with Crippen molar-refractivity contribution >= 4 is 5.78 Å². The number of rotatable bonds is 1. The van der Waals surface area contributed by atoms with E-state index >= 15 is 0 Å². The topological polar surface area (TPSA) is 17.1 Å². The van der Waals surface area contributed by atoms with E-state index in [-0.39, 0.29) is 5.41 Å². The van der Waals surface area contributed by atoms with Gasteiger partial charge < -0.3 is 0 Å². The Hall–Kier alpha value is -1.11. The molecule has 0 spiro atoms. The number of carbonyl (C=O) groups excluding carboxylic acids is 1. The molecule has 0 saturated heterocycles. The second-order valence-electron chi connectivity index (χ2n) is 7.80. The van der Waals surface area contributed by atoms with E-state index < -0.39 is 0 Å². The number of Topliss-reactive ketones (excluding diaryl/α,β-unsaturated/α-hetero) is 1.